The van der Waals surface area contributed by atoms with Crippen molar-refractivity contribution in [3.63, 3.8) is 0 Å². The van der Waals surface area contributed by atoms with Crippen molar-refractivity contribution in [2.24, 2.45) is 0 Å². The van der Waals surface area contributed by atoms with Gasteiger partial charge in [0.2, 0.25) is 10.0 Å². The summed E-state index contributed by atoms with van der Waals surface area (Å²) in [5.41, 5.74) is 2.65. The first-order valence-corrected chi connectivity index (χ1v) is 9.28. The van der Waals surface area contributed by atoms with Crippen molar-refractivity contribution in [3.05, 3.63) is 29.3 Å². The summed E-state index contributed by atoms with van der Waals surface area (Å²) >= 11 is 0. The highest BCUT2D eigenvalue weighted by Gasteiger charge is 2.16. The molecule has 0 aromatic heterocycles. The Morgan fingerprint density at radius 1 is 1.33 bits per heavy atom. The Balaban J connectivity index is 1.89. The molecule has 0 amide bonds. The second-order valence-electron chi connectivity index (χ2n) is 5.47. The van der Waals surface area contributed by atoms with E-state index in [0.29, 0.717) is 6.54 Å². The molecule has 0 fully saturated rings. The van der Waals surface area contributed by atoms with Gasteiger partial charge in [0.25, 0.3) is 0 Å². The van der Waals surface area contributed by atoms with Crippen LogP contribution < -0.4 is 9.46 Å². The third kappa shape index (κ3) is 5.30. The molecular weight excluding hydrogens is 288 g/mol. The summed E-state index contributed by atoms with van der Waals surface area (Å²) < 4.78 is 30.3. The Morgan fingerprint density at radius 3 is 2.86 bits per heavy atom. The molecule has 1 aromatic rings. The number of hydrogen-bond acceptors (Lipinski definition) is 4. The van der Waals surface area contributed by atoms with Gasteiger partial charge in [-0.3, -0.25) is 4.90 Å². The van der Waals surface area contributed by atoms with Crippen LogP contribution in [0.2, 0.25) is 0 Å². The fraction of sp³-hybridized carbons (Fsp3) is 0.600. The van der Waals surface area contributed by atoms with Gasteiger partial charge in [-0.15, -0.1) is 0 Å². The van der Waals surface area contributed by atoms with Crippen molar-refractivity contribution in [1.29, 1.82) is 0 Å². The van der Waals surface area contributed by atoms with Crippen LogP contribution in [0.3, 0.4) is 0 Å². The van der Waals surface area contributed by atoms with Crippen molar-refractivity contribution in [3.8, 4) is 5.75 Å². The normalized spacial score (nSPS) is 15.7. The van der Waals surface area contributed by atoms with E-state index in [2.05, 4.69) is 28.7 Å². The van der Waals surface area contributed by atoms with Gasteiger partial charge in [0.1, 0.15) is 5.75 Å². The van der Waals surface area contributed by atoms with Crippen LogP contribution in [0.1, 0.15) is 24.5 Å². The highest BCUT2D eigenvalue weighted by molar-refractivity contribution is 7.88. The van der Waals surface area contributed by atoms with Crippen LogP contribution in [0, 0.1) is 0 Å². The summed E-state index contributed by atoms with van der Waals surface area (Å²) in [5, 5.41) is 0. The summed E-state index contributed by atoms with van der Waals surface area (Å²) in [7, 11) is -3.09. The molecule has 1 aliphatic rings. The molecule has 0 atom stereocenters. The minimum Gasteiger partial charge on any atom is -0.494 e. The maximum Gasteiger partial charge on any atom is 0.208 e. The Morgan fingerprint density at radius 2 is 2.14 bits per heavy atom. The molecule has 0 saturated carbocycles. The molecule has 1 N–H and O–H groups in total. The van der Waals surface area contributed by atoms with Gasteiger partial charge < -0.3 is 4.74 Å². The predicted octanol–water partition coefficient (Wildman–Crippen LogP) is 1.38. The Hall–Kier alpha value is -1.11. The van der Waals surface area contributed by atoms with E-state index in [4.69, 9.17) is 4.74 Å². The molecule has 1 heterocycles. The Labute approximate surface area is 127 Å². The second-order valence-corrected chi connectivity index (χ2v) is 7.30. The lowest BCUT2D eigenvalue weighted by atomic mass is 9.99. The second kappa shape index (κ2) is 7.24. The Kier molecular flexibility index (Phi) is 5.61. The summed E-state index contributed by atoms with van der Waals surface area (Å²) in [6, 6.07) is 6.28. The summed E-state index contributed by atoms with van der Waals surface area (Å²) in [6.45, 7) is 5.87. The van der Waals surface area contributed by atoms with Gasteiger partial charge >= 0.3 is 0 Å². The average molecular weight is 312 g/mol. The average Bonchev–Trinajstić information content (AvgIpc) is 2.43. The summed E-state index contributed by atoms with van der Waals surface area (Å²) in [5.74, 6) is 0.947. The quantitative estimate of drug-likeness (QED) is 0.826. The van der Waals surface area contributed by atoms with E-state index < -0.39 is 10.0 Å². The minimum atomic E-state index is -3.09. The zero-order valence-electron chi connectivity index (χ0n) is 12.8. The zero-order valence-corrected chi connectivity index (χ0v) is 13.6. The van der Waals surface area contributed by atoms with E-state index in [1.54, 1.807) is 0 Å². The van der Waals surface area contributed by atoms with Gasteiger partial charge in [0.05, 0.1) is 12.9 Å². The van der Waals surface area contributed by atoms with Crippen molar-refractivity contribution in [2.75, 3.05) is 32.5 Å². The molecule has 5 nitrogen and oxygen atoms in total. The van der Waals surface area contributed by atoms with E-state index >= 15 is 0 Å². The highest BCUT2D eigenvalue weighted by atomic mass is 32.2. The van der Waals surface area contributed by atoms with Crippen molar-refractivity contribution < 1.29 is 13.2 Å². The number of nitrogens with zero attached hydrogens (tertiary/aromatic N) is 1. The van der Waals surface area contributed by atoms with Crippen LogP contribution in [-0.2, 0) is 23.0 Å². The molecule has 0 bridgehead atoms. The van der Waals surface area contributed by atoms with Crippen molar-refractivity contribution in [2.45, 2.75) is 26.3 Å². The highest BCUT2D eigenvalue weighted by Crippen LogP contribution is 2.23. The summed E-state index contributed by atoms with van der Waals surface area (Å²) in [4.78, 5) is 2.27. The van der Waals surface area contributed by atoms with Gasteiger partial charge in [-0.1, -0.05) is 13.0 Å². The van der Waals surface area contributed by atoms with Crippen LogP contribution in [0.15, 0.2) is 18.2 Å². The molecule has 0 radical (unpaired) electrons. The number of nitrogens with one attached hydrogen (secondary N) is 1. The molecule has 21 heavy (non-hydrogen) atoms. The lowest BCUT2D eigenvalue weighted by Gasteiger charge is -2.29. The first-order valence-electron chi connectivity index (χ1n) is 7.39. The lowest BCUT2D eigenvalue weighted by Crippen LogP contribution is -2.37. The van der Waals surface area contributed by atoms with E-state index in [0.717, 1.165) is 44.8 Å². The standard InChI is InChI=1S/C15H24N2O3S/c1-3-10-20-15-5-4-14-12-17(8-6-13(14)11-15)9-7-16-21(2,18)19/h4-5,11,16H,3,6-10,12H2,1-2H3. The lowest BCUT2D eigenvalue weighted by molar-refractivity contribution is 0.257. The number of ether oxygens (including phenoxy) is 1. The first-order chi connectivity index (χ1) is 9.98. The van der Waals surface area contributed by atoms with E-state index in [1.165, 1.54) is 17.4 Å². The fourth-order valence-corrected chi connectivity index (χ4v) is 2.94. The zero-order chi connectivity index (χ0) is 15.3. The Bertz CT molecular complexity index is 572. The number of hydrogen-bond donors (Lipinski definition) is 1. The number of rotatable bonds is 7. The van der Waals surface area contributed by atoms with Gasteiger partial charge in [-0.05, 0) is 36.1 Å². The number of sulfonamides is 1. The molecule has 118 valence electrons. The minimum absolute atomic E-state index is 0.464. The molecule has 6 heteroatoms. The molecule has 1 aliphatic heterocycles. The van der Waals surface area contributed by atoms with E-state index in [9.17, 15) is 8.42 Å². The molecule has 0 aliphatic carbocycles. The number of fused-ring (bicyclic) bond motifs is 1. The van der Waals surface area contributed by atoms with Crippen LogP contribution in [0.5, 0.6) is 5.75 Å². The maximum absolute atomic E-state index is 11.1. The smallest absolute Gasteiger partial charge is 0.208 e. The largest absolute Gasteiger partial charge is 0.494 e. The van der Waals surface area contributed by atoms with Crippen molar-refractivity contribution >= 4 is 10.0 Å². The molecule has 2 rings (SSSR count). The third-order valence-electron chi connectivity index (χ3n) is 3.53. The van der Waals surface area contributed by atoms with E-state index in [1.807, 2.05) is 6.07 Å². The molecule has 0 spiro atoms. The molecule has 1 aromatic carbocycles. The van der Waals surface area contributed by atoms with Gasteiger partial charge in [0, 0.05) is 26.2 Å². The van der Waals surface area contributed by atoms with Gasteiger partial charge in [-0.2, -0.15) is 0 Å². The predicted molar refractivity (Wildman–Crippen MR) is 84.1 cm³/mol. The third-order valence-corrected chi connectivity index (χ3v) is 4.26. The van der Waals surface area contributed by atoms with E-state index in [-0.39, 0.29) is 0 Å². The van der Waals surface area contributed by atoms with Crippen LogP contribution in [0.4, 0.5) is 0 Å². The monoisotopic (exact) mass is 312 g/mol. The topological polar surface area (TPSA) is 58.6 Å². The molecule has 0 unspecified atom stereocenters. The fourth-order valence-electron chi connectivity index (χ4n) is 2.48. The van der Waals surface area contributed by atoms with Crippen LogP contribution >= 0.6 is 0 Å². The maximum atomic E-state index is 11.1. The number of benzene rings is 1. The van der Waals surface area contributed by atoms with Crippen LogP contribution in [-0.4, -0.2) is 45.8 Å². The van der Waals surface area contributed by atoms with Gasteiger partial charge in [-0.25, -0.2) is 13.1 Å². The molecular formula is C15H24N2O3S. The van der Waals surface area contributed by atoms with Crippen molar-refractivity contribution in [1.82, 2.24) is 9.62 Å². The summed E-state index contributed by atoms with van der Waals surface area (Å²) in [6.07, 6.45) is 3.19. The van der Waals surface area contributed by atoms with Crippen LogP contribution in [0.25, 0.3) is 0 Å². The molecule has 0 saturated heterocycles. The first kappa shape index (κ1) is 16.3. The SMILES string of the molecule is CCCOc1ccc2c(c1)CCN(CCNS(C)(=O)=O)C2. The van der Waals surface area contributed by atoms with Gasteiger partial charge in [0.15, 0.2) is 0 Å².